The molecule has 4 nitrogen and oxygen atoms in total. The van der Waals surface area contributed by atoms with Gasteiger partial charge in [-0.25, -0.2) is 8.78 Å². The molecule has 0 aliphatic rings. The van der Waals surface area contributed by atoms with Crippen LogP contribution < -0.4 is 4.74 Å². The van der Waals surface area contributed by atoms with Crippen molar-refractivity contribution in [3.8, 4) is 11.5 Å². The normalized spacial score (nSPS) is 10.3. The number of hydrogen-bond donors (Lipinski definition) is 0. The number of hydrogen-bond acceptors (Lipinski definition) is 3. The molecule has 19 heavy (non-hydrogen) atoms. The van der Waals surface area contributed by atoms with Crippen LogP contribution in [0.3, 0.4) is 0 Å². The Morgan fingerprint density at radius 2 is 1.84 bits per heavy atom. The molecule has 2 aromatic carbocycles. The summed E-state index contributed by atoms with van der Waals surface area (Å²) in [6.07, 6.45) is 0. The highest BCUT2D eigenvalue weighted by Crippen LogP contribution is 2.29. The Morgan fingerprint density at radius 1 is 1.11 bits per heavy atom. The number of ether oxygens (including phenoxy) is 1. The second-order valence-corrected chi connectivity index (χ2v) is 4.40. The number of non-ortho nitro benzene ring substituents is 1. The quantitative estimate of drug-likeness (QED) is 0.618. The van der Waals surface area contributed by atoms with Gasteiger partial charge in [0, 0.05) is 12.1 Å². The molecule has 0 N–H and O–H groups in total. The molecule has 98 valence electrons. The number of nitro benzene ring substituents is 1. The Kier molecular flexibility index (Phi) is 3.75. The minimum atomic E-state index is -0.891. The van der Waals surface area contributed by atoms with Crippen LogP contribution in [0.1, 0.15) is 0 Å². The first kappa shape index (κ1) is 13.4. The minimum Gasteiger partial charge on any atom is -0.454 e. The minimum absolute atomic E-state index is 0.0912. The molecule has 0 heterocycles. The van der Waals surface area contributed by atoms with Crippen molar-refractivity contribution >= 4 is 21.6 Å². The van der Waals surface area contributed by atoms with Crippen LogP contribution in [0, 0.1) is 21.7 Å². The van der Waals surface area contributed by atoms with Gasteiger partial charge in [0.05, 0.1) is 15.5 Å². The van der Waals surface area contributed by atoms with E-state index >= 15 is 0 Å². The van der Waals surface area contributed by atoms with Crippen LogP contribution in [0.25, 0.3) is 0 Å². The van der Waals surface area contributed by atoms with Gasteiger partial charge in [0.1, 0.15) is 11.6 Å². The van der Waals surface area contributed by atoms with Gasteiger partial charge in [-0.1, -0.05) is 0 Å². The smallest absolute Gasteiger partial charge is 0.272 e. The fraction of sp³-hybridized carbons (Fsp3) is 0. The van der Waals surface area contributed by atoms with E-state index in [1.54, 1.807) is 0 Å². The predicted octanol–water partition coefficient (Wildman–Crippen LogP) is 4.43. The lowest BCUT2D eigenvalue weighted by Gasteiger charge is -2.07. The first-order valence-corrected chi connectivity index (χ1v) is 5.83. The van der Waals surface area contributed by atoms with E-state index in [-0.39, 0.29) is 21.7 Å². The molecule has 0 radical (unpaired) electrons. The number of nitrogens with zero attached hydrogens (tertiary/aromatic N) is 1. The molecule has 0 unspecified atom stereocenters. The highest BCUT2D eigenvalue weighted by atomic mass is 79.9. The second-order valence-electron chi connectivity index (χ2n) is 3.55. The Bertz CT molecular complexity index is 649. The molecule has 0 aromatic heterocycles. The van der Waals surface area contributed by atoms with Crippen molar-refractivity contribution in [1.29, 1.82) is 0 Å². The van der Waals surface area contributed by atoms with Crippen molar-refractivity contribution in [1.82, 2.24) is 0 Å². The zero-order chi connectivity index (χ0) is 14.0. The van der Waals surface area contributed by atoms with Crippen LogP contribution in [0.4, 0.5) is 14.5 Å². The van der Waals surface area contributed by atoms with Crippen LogP contribution in [0.15, 0.2) is 40.9 Å². The van der Waals surface area contributed by atoms with Gasteiger partial charge in [-0.15, -0.1) is 0 Å². The van der Waals surface area contributed by atoms with Crippen LogP contribution in [0.5, 0.6) is 11.5 Å². The highest BCUT2D eigenvalue weighted by molar-refractivity contribution is 9.10. The lowest BCUT2D eigenvalue weighted by molar-refractivity contribution is -0.385. The maximum atomic E-state index is 13.5. The summed E-state index contributed by atoms with van der Waals surface area (Å²) in [7, 11) is 0. The van der Waals surface area contributed by atoms with Gasteiger partial charge in [0.25, 0.3) is 5.69 Å². The zero-order valence-electron chi connectivity index (χ0n) is 9.27. The summed E-state index contributed by atoms with van der Waals surface area (Å²) in [6, 6.07) is 6.89. The third kappa shape index (κ3) is 3.05. The fourth-order valence-electron chi connectivity index (χ4n) is 1.35. The standard InChI is InChI=1S/C12H6BrF2NO3/c13-9-3-2-8(6-10(9)14)19-12-4-1-7(16(17)18)5-11(12)15/h1-6H. The van der Waals surface area contributed by atoms with Gasteiger partial charge in [-0.2, -0.15) is 0 Å². The summed E-state index contributed by atoms with van der Waals surface area (Å²) in [5.41, 5.74) is -0.383. The van der Waals surface area contributed by atoms with Crippen molar-refractivity contribution in [3.63, 3.8) is 0 Å². The molecule has 0 aliphatic heterocycles. The van der Waals surface area contributed by atoms with Crippen LogP contribution >= 0.6 is 15.9 Å². The molecule has 0 aliphatic carbocycles. The fourth-order valence-corrected chi connectivity index (χ4v) is 1.60. The van der Waals surface area contributed by atoms with E-state index in [9.17, 15) is 18.9 Å². The molecular formula is C12H6BrF2NO3. The summed E-state index contributed by atoms with van der Waals surface area (Å²) in [6.45, 7) is 0. The average Bonchev–Trinajstić information content (AvgIpc) is 2.36. The molecule has 0 bridgehead atoms. The van der Waals surface area contributed by atoms with Crippen molar-refractivity contribution in [3.05, 3.63) is 62.6 Å². The number of halogens is 3. The predicted molar refractivity (Wildman–Crippen MR) is 67.2 cm³/mol. The molecule has 0 amide bonds. The number of benzene rings is 2. The van der Waals surface area contributed by atoms with Crippen LogP contribution in [-0.2, 0) is 0 Å². The van der Waals surface area contributed by atoms with Gasteiger partial charge in [0.2, 0.25) is 0 Å². The zero-order valence-corrected chi connectivity index (χ0v) is 10.9. The van der Waals surface area contributed by atoms with E-state index in [0.717, 1.165) is 24.3 Å². The molecule has 0 spiro atoms. The van der Waals surface area contributed by atoms with Gasteiger partial charge in [0.15, 0.2) is 11.6 Å². The Labute approximate surface area is 114 Å². The lowest BCUT2D eigenvalue weighted by atomic mass is 10.3. The molecule has 0 fully saturated rings. The molecule has 2 rings (SSSR count). The summed E-state index contributed by atoms with van der Waals surface area (Å²) in [4.78, 5) is 9.73. The maximum Gasteiger partial charge on any atom is 0.272 e. The first-order valence-electron chi connectivity index (χ1n) is 5.04. The lowest BCUT2D eigenvalue weighted by Crippen LogP contribution is -1.93. The molecule has 0 saturated carbocycles. The third-order valence-electron chi connectivity index (χ3n) is 2.25. The van der Waals surface area contributed by atoms with Crippen molar-refractivity contribution in [2.75, 3.05) is 0 Å². The van der Waals surface area contributed by atoms with Gasteiger partial charge in [-0.3, -0.25) is 10.1 Å². The number of nitro groups is 1. The van der Waals surface area contributed by atoms with Gasteiger partial charge < -0.3 is 4.74 Å². The third-order valence-corrected chi connectivity index (χ3v) is 2.89. The summed E-state index contributed by atoms with van der Waals surface area (Å²) < 4.78 is 32.2. The SMILES string of the molecule is O=[N+]([O-])c1ccc(Oc2ccc(Br)c(F)c2)c(F)c1. The summed E-state index contributed by atoms with van der Waals surface area (Å²) in [5, 5.41) is 10.4. The van der Waals surface area contributed by atoms with E-state index in [1.807, 2.05) is 0 Å². The molecule has 2 aromatic rings. The van der Waals surface area contributed by atoms with E-state index in [1.165, 1.54) is 12.1 Å². The van der Waals surface area contributed by atoms with E-state index in [0.29, 0.717) is 0 Å². The Hall–Kier alpha value is -2.02. The van der Waals surface area contributed by atoms with Gasteiger partial charge >= 0.3 is 0 Å². The monoisotopic (exact) mass is 329 g/mol. The first-order chi connectivity index (χ1) is 8.97. The van der Waals surface area contributed by atoms with E-state index < -0.39 is 16.6 Å². The Morgan fingerprint density at radius 3 is 2.42 bits per heavy atom. The van der Waals surface area contributed by atoms with E-state index in [2.05, 4.69) is 15.9 Å². The largest absolute Gasteiger partial charge is 0.454 e. The van der Waals surface area contributed by atoms with E-state index in [4.69, 9.17) is 4.74 Å². The molecular weight excluding hydrogens is 324 g/mol. The summed E-state index contributed by atoms with van der Waals surface area (Å²) in [5.74, 6) is -1.57. The topological polar surface area (TPSA) is 52.4 Å². The van der Waals surface area contributed by atoms with Gasteiger partial charge in [-0.05, 0) is 34.1 Å². The maximum absolute atomic E-state index is 13.5. The Balaban J connectivity index is 2.28. The summed E-state index contributed by atoms with van der Waals surface area (Å²) >= 11 is 2.98. The highest BCUT2D eigenvalue weighted by Gasteiger charge is 2.12. The van der Waals surface area contributed by atoms with Crippen molar-refractivity contribution < 1.29 is 18.4 Å². The average molecular weight is 330 g/mol. The molecule has 0 atom stereocenters. The van der Waals surface area contributed by atoms with Crippen molar-refractivity contribution in [2.24, 2.45) is 0 Å². The molecule has 0 saturated heterocycles. The van der Waals surface area contributed by atoms with Crippen LogP contribution in [0.2, 0.25) is 0 Å². The van der Waals surface area contributed by atoms with Crippen LogP contribution in [-0.4, -0.2) is 4.92 Å². The molecule has 7 heteroatoms. The second kappa shape index (κ2) is 5.31. The number of rotatable bonds is 3. The van der Waals surface area contributed by atoms with Crippen molar-refractivity contribution in [2.45, 2.75) is 0 Å².